The van der Waals surface area contributed by atoms with E-state index in [2.05, 4.69) is 43.6 Å². The zero-order chi connectivity index (χ0) is 12.8. The van der Waals surface area contributed by atoms with Crippen LogP contribution in [0.15, 0.2) is 18.3 Å². The molecular weight excluding hydrogens is 210 g/mol. The molecule has 0 fully saturated rings. The van der Waals surface area contributed by atoms with E-state index in [4.69, 9.17) is 5.26 Å². The summed E-state index contributed by atoms with van der Waals surface area (Å²) in [5.41, 5.74) is 1.56. The summed E-state index contributed by atoms with van der Waals surface area (Å²) in [6, 6.07) is 6.51. The van der Waals surface area contributed by atoms with Crippen molar-refractivity contribution in [2.24, 2.45) is 5.92 Å². The van der Waals surface area contributed by atoms with Crippen LogP contribution in [0.4, 0.5) is 0 Å². The minimum Gasteiger partial charge on any atom is -0.296 e. The standard InChI is InChI=1S/C14H21N3/c1-11(2)9-17(12(3)4)10-13-6-5-7-16-14(13)8-15/h5-7,11-12H,9-10H2,1-4H3. The maximum atomic E-state index is 9.02. The van der Waals surface area contributed by atoms with Gasteiger partial charge >= 0.3 is 0 Å². The summed E-state index contributed by atoms with van der Waals surface area (Å²) in [5.74, 6) is 0.625. The van der Waals surface area contributed by atoms with Crippen molar-refractivity contribution in [3.05, 3.63) is 29.6 Å². The maximum absolute atomic E-state index is 9.02. The average Bonchev–Trinajstić information content (AvgIpc) is 2.28. The largest absolute Gasteiger partial charge is 0.296 e. The number of hydrogen-bond donors (Lipinski definition) is 0. The van der Waals surface area contributed by atoms with Crippen molar-refractivity contribution in [3.8, 4) is 6.07 Å². The fourth-order valence-electron chi connectivity index (χ4n) is 1.81. The molecule has 1 aromatic rings. The Morgan fingerprint density at radius 2 is 2.06 bits per heavy atom. The van der Waals surface area contributed by atoms with E-state index in [1.165, 1.54) is 0 Å². The van der Waals surface area contributed by atoms with Crippen molar-refractivity contribution in [2.45, 2.75) is 40.3 Å². The molecule has 1 rings (SSSR count). The summed E-state index contributed by atoms with van der Waals surface area (Å²) in [6.07, 6.45) is 1.67. The van der Waals surface area contributed by atoms with Crippen LogP contribution in [0.25, 0.3) is 0 Å². The Morgan fingerprint density at radius 1 is 1.35 bits per heavy atom. The molecule has 3 nitrogen and oxygen atoms in total. The van der Waals surface area contributed by atoms with E-state index in [1.54, 1.807) is 6.20 Å². The maximum Gasteiger partial charge on any atom is 0.144 e. The third kappa shape index (κ3) is 4.16. The number of rotatable bonds is 5. The van der Waals surface area contributed by atoms with Gasteiger partial charge in [-0.2, -0.15) is 5.26 Å². The van der Waals surface area contributed by atoms with Gasteiger partial charge in [-0.25, -0.2) is 4.98 Å². The molecule has 0 saturated carbocycles. The molecule has 0 aliphatic carbocycles. The van der Waals surface area contributed by atoms with Gasteiger partial charge in [-0.1, -0.05) is 19.9 Å². The van der Waals surface area contributed by atoms with Crippen LogP contribution in [0, 0.1) is 17.2 Å². The van der Waals surface area contributed by atoms with Crippen LogP contribution in [0.2, 0.25) is 0 Å². The first kappa shape index (κ1) is 13.7. The Kier molecular flexibility index (Phi) is 5.11. The second-order valence-electron chi connectivity index (χ2n) is 5.04. The van der Waals surface area contributed by atoms with Gasteiger partial charge in [0.25, 0.3) is 0 Å². The van der Waals surface area contributed by atoms with E-state index in [0.717, 1.165) is 18.7 Å². The van der Waals surface area contributed by atoms with Crippen molar-refractivity contribution < 1.29 is 0 Å². The topological polar surface area (TPSA) is 39.9 Å². The second kappa shape index (κ2) is 6.36. The Labute approximate surface area is 104 Å². The molecule has 3 heteroatoms. The van der Waals surface area contributed by atoms with Crippen LogP contribution in [0.5, 0.6) is 0 Å². The quantitative estimate of drug-likeness (QED) is 0.782. The number of hydrogen-bond acceptors (Lipinski definition) is 3. The van der Waals surface area contributed by atoms with E-state index in [9.17, 15) is 0 Å². The Morgan fingerprint density at radius 3 is 2.59 bits per heavy atom. The second-order valence-corrected chi connectivity index (χ2v) is 5.04. The van der Waals surface area contributed by atoms with Crippen molar-refractivity contribution in [2.75, 3.05) is 6.54 Å². The number of nitrogens with zero attached hydrogens (tertiary/aromatic N) is 3. The summed E-state index contributed by atoms with van der Waals surface area (Å²) in [6.45, 7) is 10.6. The molecule has 0 bridgehead atoms. The smallest absolute Gasteiger partial charge is 0.144 e. The lowest BCUT2D eigenvalue weighted by molar-refractivity contribution is 0.189. The van der Waals surface area contributed by atoms with Crippen molar-refractivity contribution in [1.82, 2.24) is 9.88 Å². The number of aromatic nitrogens is 1. The van der Waals surface area contributed by atoms with Gasteiger partial charge < -0.3 is 0 Å². The molecule has 17 heavy (non-hydrogen) atoms. The third-order valence-corrected chi connectivity index (χ3v) is 2.70. The highest BCUT2D eigenvalue weighted by Crippen LogP contribution is 2.12. The summed E-state index contributed by atoms with van der Waals surface area (Å²) in [5, 5.41) is 9.02. The van der Waals surface area contributed by atoms with Gasteiger partial charge in [0.1, 0.15) is 11.8 Å². The summed E-state index contributed by atoms with van der Waals surface area (Å²) in [4.78, 5) is 6.48. The zero-order valence-electron chi connectivity index (χ0n) is 11.1. The molecule has 0 aliphatic heterocycles. The van der Waals surface area contributed by atoms with Crippen LogP contribution in [0.1, 0.15) is 39.0 Å². The molecule has 0 amide bonds. The molecule has 1 aromatic heterocycles. The van der Waals surface area contributed by atoms with Gasteiger partial charge in [0, 0.05) is 30.9 Å². The van der Waals surface area contributed by atoms with E-state index in [-0.39, 0.29) is 0 Å². The molecule has 92 valence electrons. The molecule has 1 heterocycles. The highest BCUT2D eigenvalue weighted by atomic mass is 15.1. The summed E-state index contributed by atoms with van der Waals surface area (Å²) in [7, 11) is 0. The highest BCUT2D eigenvalue weighted by Gasteiger charge is 2.14. The molecule has 0 unspecified atom stereocenters. The van der Waals surface area contributed by atoms with Gasteiger partial charge in [-0.05, 0) is 25.8 Å². The van der Waals surface area contributed by atoms with Crippen molar-refractivity contribution >= 4 is 0 Å². The lowest BCUT2D eigenvalue weighted by Crippen LogP contribution is -2.33. The Balaban J connectivity index is 2.83. The zero-order valence-corrected chi connectivity index (χ0v) is 11.1. The summed E-state index contributed by atoms with van der Waals surface area (Å²) >= 11 is 0. The monoisotopic (exact) mass is 231 g/mol. The van der Waals surface area contributed by atoms with E-state index in [1.807, 2.05) is 12.1 Å². The minimum atomic E-state index is 0.476. The molecule has 0 N–H and O–H groups in total. The molecule has 0 aromatic carbocycles. The molecule has 0 spiro atoms. The lowest BCUT2D eigenvalue weighted by Gasteiger charge is -2.28. The Hall–Kier alpha value is -1.40. The molecule has 0 radical (unpaired) electrons. The van der Waals surface area contributed by atoms with E-state index < -0.39 is 0 Å². The normalized spacial score (nSPS) is 11.2. The van der Waals surface area contributed by atoms with Gasteiger partial charge in [-0.15, -0.1) is 0 Å². The van der Waals surface area contributed by atoms with Gasteiger partial charge in [0.05, 0.1) is 0 Å². The SMILES string of the molecule is CC(C)CN(Cc1cccnc1C#N)C(C)C. The number of pyridine rings is 1. The first-order chi connectivity index (χ1) is 8.04. The molecule has 0 atom stereocenters. The van der Waals surface area contributed by atoms with Crippen molar-refractivity contribution in [1.29, 1.82) is 5.26 Å². The minimum absolute atomic E-state index is 0.476. The van der Waals surface area contributed by atoms with Gasteiger partial charge in [0.15, 0.2) is 0 Å². The Bertz CT molecular complexity index is 391. The van der Waals surface area contributed by atoms with Gasteiger partial charge in [0.2, 0.25) is 0 Å². The highest BCUT2D eigenvalue weighted by molar-refractivity contribution is 5.30. The third-order valence-electron chi connectivity index (χ3n) is 2.70. The molecule has 0 aliphatic rings. The van der Waals surface area contributed by atoms with Crippen LogP contribution < -0.4 is 0 Å². The van der Waals surface area contributed by atoms with Crippen LogP contribution >= 0.6 is 0 Å². The van der Waals surface area contributed by atoms with E-state index >= 15 is 0 Å². The number of nitriles is 1. The van der Waals surface area contributed by atoms with E-state index in [0.29, 0.717) is 17.7 Å². The van der Waals surface area contributed by atoms with Gasteiger partial charge in [-0.3, -0.25) is 4.90 Å². The average molecular weight is 231 g/mol. The first-order valence-electron chi connectivity index (χ1n) is 6.12. The first-order valence-corrected chi connectivity index (χ1v) is 6.12. The molecular formula is C14H21N3. The predicted molar refractivity (Wildman–Crippen MR) is 69.3 cm³/mol. The molecule has 0 saturated heterocycles. The van der Waals surface area contributed by atoms with Crippen LogP contribution in [-0.2, 0) is 6.54 Å². The fourth-order valence-corrected chi connectivity index (χ4v) is 1.81. The predicted octanol–water partition coefficient (Wildman–Crippen LogP) is 2.82. The fraction of sp³-hybridized carbons (Fsp3) is 0.571. The summed E-state index contributed by atoms with van der Waals surface area (Å²) < 4.78 is 0. The lowest BCUT2D eigenvalue weighted by atomic mass is 10.1. The van der Waals surface area contributed by atoms with Crippen LogP contribution in [-0.4, -0.2) is 22.5 Å². The van der Waals surface area contributed by atoms with Crippen LogP contribution in [0.3, 0.4) is 0 Å². The van der Waals surface area contributed by atoms with Crippen molar-refractivity contribution in [3.63, 3.8) is 0 Å².